The fourth-order valence-corrected chi connectivity index (χ4v) is 1.99. The molecule has 1 saturated heterocycles. The molecule has 1 aliphatic rings. The second kappa shape index (κ2) is 4.72. The second-order valence-corrected chi connectivity index (χ2v) is 4.24. The van der Waals surface area contributed by atoms with Crippen molar-refractivity contribution in [1.82, 2.24) is 9.55 Å². The summed E-state index contributed by atoms with van der Waals surface area (Å²) in [6.07, 6.45) is -2.85. The molecule has 0 unspecified atom stereocenters. The molecule has 0 amide bonds. The van der Waals surface area contributed by atoms with Gasteiger partial charge >= 0.3 is 5.69 Å². The molecule has 1 aromatic rings. The highest BCUT2D eigenvalue weighted by atomic mass is 19.1. The highest BCUT2D eigenvalue weighted by molar-refractivity contribution is 5.11. The first kappa shape index (κ1) is 13.7. The Hall–Kier alpha value is -1.77. The number of H-pyrrole nitrogens is 1. The number of ether oxygens (including phenoxy) is 1. The van der Waals surface area contributed by atoms with Crippen LogP contribution in [0.3, 0.4) is 0 Å². The Morgan fingerprint density at radius 3 is 2.79 bits per heavy atom. The molecular formula is C11H13FN2O5. The molecule has 0 aromatic carbocycles. The maximum Gasteiger partial charge on any atom is 0.330 e. The van der Waals surface area contributed by atoms with Crippen molar-refractivity contribution < 1.29 is 19.3 Å². The number of hydrogen-bond donors (Lipinski definition) is 3. The zero-order valence-corrected chi connectivity index (χ0v) is 9.82. The van der Waals surface area contributed by atoms with Crippen LogP contribution in [0, 0.1) is 0 Å². The summed E-state index contributed by atoms with van der Waals surface area (Å²) >= 11 is 0. The van der Waals surface area contributed by atoms with Crippen LogP contribution in [0.4, 0.5) is 4.39 Å². The number of aromatic amines is 1. The zero-order chi connectivity index (χ0) is 14.2. The van der Waals surface area contributed by atoms with E-state index >= 15 is 0 Å². The molecule has 19 heavy (non-hydrogen) atoms. The first-order chi connectivity index (χ1) is 8.95. The number of halogens is 1. The van der Waals surface area contributed by atoms with Crippen molar-refractivity contribution in [3.63, 3.8) is 0 Å². The van der Waals surface area contributed by atoms with Crippen molar-refractivity contribution in [3.8, 4) is 0 Å². The van der Waals surface area contributed by atoms with Gasteiger partial charge in [0.1, 0.15) is 11.7 Å². The monoisotopic (exact) mass is 272 g/mol. The summed E-state index contributed by atoms with van der Waals surface area (Å²) in [6.45, 7) is 2.62. The van der Waals surface area contributed by atoms with E-state index in [9.17, 15) is 24.2 Å². The molecule has 1 aromatic heterocycles. The number of aromatic nitrogens is 2. The van der Waals surface area contributed by atoms with Crippen LogP contribution in [-0.4, -0.2) is 44.2 Å². The fraction of sp³-hybridized carbons (Fsp3) is 0.455. The number of alkyl halides is 1. The molecule has 4 atom stereocenters. The Kier molecular flexibility index (Phi) is 3.40. The number of aliphatic hydroxyl groups excluding tert-OH is 2. The second-order valence-electron chi connectivity index (χ2n) is 4.24. The van der Waals surface area contributed by atoms with Crippen molar-refractivity contribution in [2.24, 2.45) is 0 Å². The molecule has 104 valence electrons. The van der Waals surface area contributed by atoms with Crippen LogP contribution in [0.5, 0.6) is 0 Å². The fourth-order valence-electron chi connectivity index (χ4n) is 1.99. The minimum absolute atomic E-state index is 0.623. The maximum absolute atomic E-state index is 14.0. The maximum atomic E-state index is 14.0. The van der Waals surface area contributed by atoms with Crippen molar-refractivity contribution in [2.45, 2.75) is 24.1 Å². The van der Waals surface area contributed by atoms with Gasteiger partial charge in [-0.25, -0.2) is 9.18 Å². The van der Waals surface area contributed by atoms with Crippen molar-refractivity contribution in [1.29, 1.82) is 0 Å². The van der Waals surface area contributed by atoms with Crippen LogP contribution in [0.15, 0.2) is 34.5 Å². The predicted octanol–water partition coefficient (Wildman–Crippen LogP) is -1.32. The SMILES string of the molecule is C=C[C@]1(CO)O[C@@H](n2ccc(=O)[nH]c2=O)[C@H](O)[C@@H]1F. The summed E-state index contributed by atoms with van der Waals surface area (Å²) in [5.41, 5.74) is -3.25. The normalized spacial score (nSPS) is 34.4. The average Bonchev–Trinajstić information content (AvgIpc) is 2.64. The van der Waals surface area contributed by atoms with E-state index in [1.165, 1.54) is 0 Å². The number of aliphatic hydroxyl groups is 2. The summed E-state index contributed by atoms with van der Waals surface area (Å²) in [7, 11) is 0. The van der Waals surface area contributed by atoms with Gasteiger partial charge < -0.3 is 14.9 Å². The van der Waals surface area contributed by atoms with Crippen LogP contribution in [0.2, 0.25) is 0 Å². The first-order valence-corrected chi connectivity index (χ1v) is 5.51. The minimum atomic E-state index is -1.95. The number of nitrogens with one attached hydrogen (secondary N) is 1. The minimum Gasteiger partial charge on any atom is -0.393 e. The van der Waals surface area contributed by atoms with Gasteiger partial charge in [-0.3, -0.25) is 14.3 Å². The van der Waals surface area contributed by atoms with Gasteiger partial charge in [-0.15, -0.1) is 6.58 Å². The number of hydrogen-bond acceptors (Lipinski definition) is 5. The lowest BCUT2D eigenvalue weighted by molar-refractivity contribution is -0.0925. The molecular weight excluding hydrogens is 259 g/mol. The number of rotatable bonds is 3. The van der Waals surface area contributed by atoms with Gasteiger partial charge in [-0.05, 0) is 0 Å². The van der Waals surface area contributed by atoms with Crippen molar-refractivity contribution in [2.75, 3.05) is 6.61 Å². The van der Waals surface area contributed by atoms with E-state index in [0.29, 0.717) is 0 Å². The standard InChI is InChI=1S/C11H13FN2O5/c1-2-11(5-15)8(12)7(17)9(19-11)14-4-3-6(16)13-10(14)18/h2-4,7-9,15,17H,1,5H2,(H,13,16,18)/t7-,8+,9-,11-/m1/s1. The molecule has 8 heteroatoms. The van der Waals surface area contributed by atoms with E-state index in [1.807, 2.05) is 4.98 Å². The third-order valence-electron chi connectivity index (χ3n) is 3.12. The topological polar surface area (TPSA) is 105 Å². The summed E-state index contributed by atoms with van der Waals surface area (Å²) in [5.74, 6) is 0. The Morgan fingerprint density at radius 2 is 2.32 bits per heavy atom. The highest BCUT2D eigenvalue weighted by Crippen LogP contribution is 2.38. The molecule has 2 rings (SSSR count). The first-order valence-electron chi connectivity index (χ1n) is 5.51. The van der Waals surface area contributed by atoms with Gasteiger partial charge in [0.15, 0.2) is 12.4 Å². The van der Waals surface area contributed by atoms with Crippen molar-refractivity contribution >= 4 is 0 Å². The summed E-state index contributed by atoms with van der Waals surface area (Å²) in [5, 5.41) is 19.0. The van der Waals surface area contributed by atoms with Gasteiger partial charge in [-0.1, -0.05) is 6.08 Å². The quantitative estimate of drug-likeness (QED) is 0.592. The van der Waals surface area contributed by atoms with Crippen molar-refractivity contribution in [3.05, 3.63) is 45.8 Å². The Bertz CT molecular complexity index is 597. The highest BCUT2D eigenvalue weighted by Gasteiger charge is 2.54. The third-order valence-corrected chi connectivity index (χ3v) is 3.12. The molecule has 0 spiro atoms. The summed E-state index contributed by atoms with van der Waals surface area (Å²) in [4.78, 5) is 24.5. The molecule has 7 nitrogen and oxygen atoms in total. The lowest BCUT2D eigenvalue weighted by Gasteiger charge is -2.24. The third kappa shape index (κ3) is 2.03. The van der Waals surface area contributed by atoms with Crippen LogP contribution in [0.1, 0.15) is 6.23 Å². The van der Waals surface area contributed by atoms with Gasteiger partial charge in [0.05, 0.1) is 6.61 Å². The predicted molar refractivity (Wildman–Crippen MR) is 62.4 cm³/mol. The Balaban J connectivity index is 2.45. The average molecular weight is 272 g/mol. The molecule has 0 saturated carbocycles. The van der Waals surface area contributed by atoms with E-state index in [-0.39, 0.29) is 0 Å². The molecule has 2 heterocycles. The lowest BCUT2D eigenvalue weighted by Crippen LogP contribution is -2.41. The molecule has 0 bridgehead atoms. The largest absolute Gasteiger partial charge is 0.393 e. The molecule has 1 fully saturated rings. The summed E-state index contributed by atoms with van der Waals surface area (Å²) < 4.78 is 20.1. The Morgan fingerprint density at radius 1 is 1.63 bits per heavy atom. The molecule has 3 N–H and O–H groups in total. The van der Waals surface area contributed by atoms with Gasteiger partial charge in [-0.2, -0.15) is 0 Å². The van der Waals surface area contributed by atoms with Crippen LogP contribution in [0.25, 0.3) is 0 Å². The smallest absolute Gasteiger partial charge is 0.330 e. The summed E-state index contributed by atoms with van der Waals surface area (Å²) in [6, 6.07) is 1.04. The van der Waals surface area contributed by atoms with Gasteiger partial charge in [0.2, 0.25) is 0 Å². The van der Waals surface area contributed by atoms with Crippen LogP contribution < -0.4 is 11.2 Å². The molecule has 1 aliphatic heterocycles. The lowest BCUT2D eigenvalue weighted by atomic mass is 9.98. The van der Waals surface area contributed by atoms with Gasteiger partial charge in [0, 0.05) is 12.3 Å². The zero-order valence-electron chi connectivity index (χ0n) is 9.82. The van der Waals surface area contributed by atoms with E-state index < -0.39 is 42.0 Å². The van der Waals surface area contributed by atoms with Crippen LogP contribution in [-0.2, 0) is 4.74 Å². The van der Waals surface area contributed by atoms with E-state index in [1.54, 1.807) is 0 Å². The van der Waals surface area contributed by atoms with E-state index in [2.05, 4.69) is 6.58 Å². The van der Waals surface area contributed by atoms with E-state index in [4.69, 9.17) is 4.74 Å². The molecule has 0 aliphatic carbocycles. The van der Waals surface area contributed by atoms with Crippen LogP contribution >= 0.6 is 0 Å². The van der Waals surface area contributed by atoms with E-state index in [0.717, 1.165) is 22.9 Å². The molecule has 0 radical (unpaired) electrons. The Labute approximate surface area is 106 Å². The number of nitrogens with zero attached hydrogens (tertiary/aromatic N) is 1. The van der Waals surface area contributed by atoms with Gasteiger partial charge in [0.25, 0.3) is 5.56 Å².